The van der Waals surface area contributed by atoms with Gasteiger partial charge in [-0.15, -0.1) is 0 Å². The number of nitrogens with one attached hydrogen (secondary N) is 1. The molecule has 0 aromatic heterocycles. The Morgan fingerprint density at radius 3 is 2.56 bits per heavy atom. The highest BCUT2D eigenvalue weighted by molar-refractivity contribution is 7.59. The molecule has 1 aliphatic heterocycles. The first-order valence-electron chi connectivity index (χ1n) is 9.06. The summed E-state index contributed by atoms with van der Waals surface area (Å²) in [6, 6.07) is 7.75. The van der Waals surface area contributed by atoms with Gasteiger partial charge in [0.25, 0.3) is 0 Å². The largest absolute Gasteiger partial charge is 0.351 e. The third kappa shape index (κ3) is 4.37. The second kappa shape index (κ2) is 8.25. The molecule has 0 unspecified atom stereocenters. The van der Waals surface area contributed by atoms with Crippen LogP contribution in [0.4, 0.5) is 5.69 Å². The summed E-state index contributed by atoms with van der Waals surface area (Å²) < 4.78 is 0. The van der Waals surface area contributed by atoms with E-state index in [1.807, 2.05) is 18.2 Å². The van der Waals surface area contributed by atoms with E-state index in [-0.39, 0.29) is 25.4 Å². The lowest BCUT2D eigenvalue weighted by molar-refractivity contribution is -0.124. The van der Waals surface area contributed by atoms with Gasteiger partial charge in [0.1, 0.15) is 0 Å². The van der Waals surface area contributed by atoms with Crippen molar-refractivity contribution in [2.45, 2.75) is 51.0 Å². The summed E-state index contributed by atoms with van der Waals surface area (Å²) in [4.78, 5) is 19.0. The van der Waals surface area contributed by atoms with E-state index < -0.39 is 5.41 Å². The van der Waals surface area contributed by atoms with Crippen molar-refractivity contribution in [2.75, 3.05) is 19.6 Å². The normalized spacial score (nSPS) is 19.8. The Kier molecular flexibility index (Phi) is 6.53. The average Bonchev–Trinajstić information content (AvgIpc) is 3.25. The lowest BCUT2D eigenvalue weighted by atomic mass is 9.93. The number of hydrogen-bond donors (Lipinski definition) is 1. The van der Waals surface area contributed by atoms with E-state index in [0.717, 1.165) is 38.0 Å². The van der Waals surface area contributed by atoms with Gasteiger partial charge in [-0.2, -0.15) is 13.5 Å². The number of carbonyl (C=O) groups excluding carboxylic acids is 1. The first kappa shape index (κ1) is 19.8. The number of likely N-dealkylation sites (tertiary alicyclic amines) is 1. The zero-order valence-electron chi connectivity index (χ0n) is 15.2. The smallest absolute Gasteiger partial charge is 0.230 e. The Hall–Kier alpha value is -1.51. The summed E-state index contributed by atoms with van der Waals surface area (Å²) in [5.41, 5.74) is 1.21. The molecule has 1 N–H and O–H groups in total. The second-order valence-corrected chi connectivity index (χ2v) is 7.58. The van der Waals surface area contributed by atoms with Crippen molar-refractivity contribution in [2.24, 2.45) is 5.92 Å². The van der Waals surface area contributed by atoms with Crippen molar-refractivity contribution in [1.82, 2.24) is 10.2 Å². The van der Waals surface area contributed by atoms with Gasteiger partial charge in [-0.1, -0.05) is 38.1 Å². The topological polar surface area (TPSA) is 36.7 Å². The highest BCUT2D eigenvalue weighted by atomic mass is 32.1. The van der Waals surface area contributed by atoms with Crippen molar-refractivity contribution < 1.29 is 4.79 Å². The highest BCUT2D eigenvalue weighted by Gasteiger charge is 2.51. The fraction of sp³-hybridized carbons (Fsp3) is 0.600. The van der Waals surface area contributed by atoms with Crippen molar-refractivity contribution in [3.05, 3.63) is 41.2 Å². The zero-order valence-corrected chi connectivity index (χ0v) is 16.2. The minimum Gasteiger partial charge on any atom is -0.351 e. The Morgan fingerprint density at radius 1 is 1.32 bits per heavy atom. The molecule has 1 atom stereocenters. The molecule has 1 saturated heterocycles. The molecule has 2 fully saturated rings. The van der Waals surface area contributed by atoms with Crippen LogP contribution in [-0.4, -0.2) is 36.5 Å². The zero-order chi connectivity index (χ0) is 17.2. The summed E-state index contributed by atoms with van der Waals surface area (Å²) in [5, 5.41) is 3.32. The van der Waals surface area contributed by atoms with Crippen LogP contribution in [-0.2, 0) is 10.2 Å². The minimum absolute atomic E-state index is 0. The van der Waals surface area contributed by atoms with Crippen LogP contribution in [0.1, 0.15) is 45.1 Å². The molecule has 0 spiro atoms. The Labute approximate surface area is 158 Å². The van der Waals surface area contributed by atoms with Crippen LogP contribution in [0.5, 0.6) is 0 Å². The van der Waals surface area contributed by atoms with E-state index in [2.05, 4.69) is 28.9 Å². The number of benzene rings is 1. The lowest BCUT2D eigenvalue weighted by Crippen LogP contribution is -2.49. The molecular formula is C20H29N3OS. The van der Waals surface area contributed by atoms with Crippen LogP contribution in [0.25, 0.3) is 4.85 Å². The van der Waals surface area contributed by atoms with Crippen LogP contribution < -0.4 is 5.32 Å². The number of hydrogen-bond acceptors (Lipinski definition) is 2. The van der Waals surface area contributed by atoms with E-state index in [1.54, 1.807) is 6.07 Å². The molecule has 1 aromatic carbocycles. The number of carbonyl (C=O) groups is 1. The van der Waals surface area contributed by atoms with E-state index in [9.17, 15) is 4.79 Å². The molecule has 136 valence electrons. The molecule has 3 rings (SSSR count). The van der Waals surface area contributed by atoms with E-state index in [0.29, 0.717) is 11.6 Å². The number of nitrogens with zero attached hydrogens (tertiary/aromatic N) is 2. The maximum absolute atomic E-state index is 13.0. The molecule has 1 aliphatic carbocycles. The third-order valence-electron chi connectivity index (χ3n) is 5.49. The van der Waals surface area contributed by atoms with Gasteiger partial charge in [-0.3, -0.25) is 4.79 Å². The highest BCUT2D eigenvalue weighted by Crippen LogP contribution is 2.49. The van der Waals surface area contributed by atoms with E-state index in [1.165, 1.54) is 12.8 Å². The van der Waals surface area contributed by atoms with Crippen molar-refractivity contribution in [3.8, 4) is 0 Å². The van der Waals surface area contributed by atoms with Gasteiger partial charge < -0.3 is 10.2 Å². The van der Waals surface area contributed by atoms with Gasteiger partial charge in [0.15, 0.2) is 5.69 Å². The molecule has 1 aromatic rings. The maximum atomic E-state index is 13.0. The molecule has 2 aliphatic rings. The Morgan fingerprint density at radius 2 is 2.00 bits per heavy atom. The van der Waals surface area contributed by atoms with Crippen molar-refractivity contribution >= 4 is 25.1 Å². The van der Waals surface area contributed by atoms with Gasteiger partial charge in [0, 0.05) is 12.6 Å². The van der Waals surface area contributed by atoms with E-state index in [4.69, 9.17) is 6.57 Å². The van der Waals surface area contributed by atoms with Gasteiger partial charge >= 0.3 is 0 Å². The molecule has 5 heteroatoms. The molecule has 0 bridgehead atoms. The third-order valence-corrected chi connectivity index (χ3v) is 5.49. The van der Waals surface area contributed by atoms with Crippen LogP contribution in [0.2, 0.25) is 0 Å². The first-order valence-corrected chi connectivity index (χ1v) is 9.06. The summed E-state index contributed by atoms with van der Waals surface area (Å²) in [6.45, 7) is 14.8. The number of amides is 1. The maximum Gasteiger partial charge on any atom is 0.230 e. The fourth-order valence-electron chi connectivity index (χ4n) is 3.62. The van der Waals surface area contributed by atoms with Gasteiger partial charge in [-0.25, -0.2) is 4.85 Å². The molecule has 4 nitrogen and oxygen atoms in total. The van der Waals surface area contributed by atoms with Crippen LogP contribution in [0.3, 0.4) is 0 Å². The lowest BCUT2D eigenvalue weighted by Gasteiger charge is -2.29. The van der Waals surface area contributed by atoms with Gasteiger partial charge in [0.05, 0.1) is 12.0 Å². The molecule has 25 heavy (non-hydrogen) atoms. The van der Waals surface area contributed by atoms with E-state index >= 15 is 0 Å². The van der Waals surface area contributed by atoms with Crippen molar-refractivity contribution in [1.29, 1.82) is 0 Å². The monoisotopic (exact) mass is 359 g/mol. The van der Waals surface area contributed by atoms with Gasteiger partial charge in [0.2, 0.25) is 5.91 Å². The molecule has 1 amide bonds. The first-order chi connectivity index (χ1) is 11.5. The van der Waals surface area contributed by atoms with Crippen LogP contribution in [0, 0.1) is 12.5 Å². The predicted octanol–water partition coefficient (Wildman–Crippen LogP) is 3.62. The SMILES string of the molecule is S.[C-]#[N+]c1cccc(C2(C(=O)N[C@H](CN3CCCC3)C(C)C)CC2)c1. The predicted molar refractivity (Wildman–Crippen MR) is 106 cm³/mol. The molecule has 0 radical (unpaired) electrons. The average molecular weight is 360 g/mol. The standard InChI is InChI=1S/C20H27N3O.H2S/c1-15(2)18(14-23-11-4-5-12-23)22-19(24)20(9-10-20)16-7-6-8-17(13-16)21-3;/h6-8,13,15,18H,4-5,9-12,14H2,1-2H3,(H,22,24);1H2/t18-;/m1./s1. The second-order valence-electron chi connectivity index (χ2n) is 7.58. The Bertz CT molecular complexity index is 643. The van der Waals surface area contributed by atoms with Crippen LogP contribution in [0.15, 0.2) is 24.3 Å². The number of rotatable bonds is 6. The molecule has 1 heterocycles. The summed E-state index contributed by atoms with van der Waals surface area (Å²) >= 11 is 0. The Balaban J connectivity index is 0.00000225. The summed E-state index contributed by atoms with van der Waals surface area (Å²) in [6.07, 6.45) is 4.31. The van der Waals surface area contributed by atoms with Gasteiger partial charge in [-0.05, 0) is 50.3 Å². The quantitative estimate of drug-likeness (QED) is 0.788. The minimum atomic E-state index is -0.404. The summed E-state index contributed by atoms with van der Waals surface area (Å²) in [7, 11) is 0. The molecule has 1 saturated carbocycles. The summed E-state index contributed by atoms with van der Waals surface area (Å²) in [5.74, 6) is 0.558. The van der Waals surface area contributed by atoms with Crippen molar-refractivity contribution in [3.63, 3.8) is 0 Å². The molecular weight excluding hydrogens is 330 g/mol. The fourth-order valence-corrected chi connectivity index (χ4v) is 3.62. The van der Waals surface area contributed by atoms with Crippen LogP contribution >= 0.6 is 13.5 Å².